The summed E-state index contributed by atoms with van der Waals surface area (Å²) in [5, 5.41) is 6.18. The first kappa shape index (κ1) is 18.4. The molecule has 0 radical (unpaired) electrons. The lowest BCUT2D eigenvalue weighted by molar-refractivity contribution is -0.132. The number of anilines is 1. The van der Waals surface area contributed by atoms with E-state index in [1.807, 2.05) is 48.9 Å². The normalized spacial score (nSPS) is 14.8. The van der Waals surface area contributed by atoms with Gasteiger partial charge in [0.2, 0.25) is 11.8 Å². The topological polar surface area (TPSA) is 64.7 Å². The maximum absolute atomic E-state index is 12.2. The van der Waals surface area contributed by atoms with Crippen molar-refractivity contribution in [2.24, 2.45) is 0 Å². The van der Waals surface area contributed by atoms with Crippen LogP contribution in [0.5, 0.6) is 0 Å². The molecule has 1 aliphatic rings. The van der Waals surface area contributed by atoms with Crippen LogP contribution in [0.15, 0.2) is 18.2 Å². The van der Waals surface area contributed by atoms with Crippen LogP contribution < -0.4 is 10.6 Å². The van der Waals surface area contributed by atoms with Crippen LogP contribution in [0.1, 0.15) is 17.5 Å². The van der Waals surface area contributed by atoms with Crippen molar-refractivity contribution in [3.05, 3.63) is 29.3 Å². The van der Waals surface area contributed by atoms with Crippen molar-refractivity contribution < 1.29 is 9.59 Å². The van der Waals surface area contributed by atoms with Gasteiger partial charge in [0, 0.05) is 44.8 Å². The minimum Gasteiger partial charge on any atom is -0.340 e. The van der Waals surface area contributed by atoms with Crippen molar-refractivity contribution in [1.82, 2.24) is 15.1 Å². The van der Waals surface area contributed by atoms with Gasteiger partial charge in [-0.3, -0.25) is 14.5 Å². The molecule has 1 aromatic rings. The predicted molar refractivity (Wildman–Crippen MR) is 96.1 cm³/mol. The predicted octanol–water partition coefficient (Wildman–Crippen LogP) is 0.996. The van der Waals surface area contributed by atoms with E-state index in [9.17, 15) is 9.59 Å². The summed E-state index contributed by atoms with van der Waals surface area (Å²) in [5.74, 6) is 0.110. The molecule has 1 fully saturated rings. The molecule has 24 heavy (non-hydrogen) atoms. The molecule has 0 atom stereocenters. The molecule has 1 aromatic carbocycles. The van der Waals surface area contributed by atoms with Gasteiger partial charge in [0.15, 0.2) is 0 Å². The minimum absolute atomic E-state index is 0.0548. The molecule has 0 bridgehead atoms. The second-order valence-corrected chi connectivity index (χ2v) is 6.41. The Hall–Kier alpha value is -1.92. The third kappa shape index (κ3) is 5.32. The van der Waals surface area contributed by atoms with Gasteiger partial charge < -0.3 is 15.5 Å². The zero-order chi connectivity index (χ0) is 17.5. The van der Waals surface area contributed by atoms with Crippen molar-refractivity contribution >= 4 is 17.5 Å². The highest BCUT2D eigenvalue weighted by molar-refractivity contribution is 5.93. The maximum atomic E-state index is 12.2. The molecular formula is C18H28N4O2. The van der Waals surface area contributed by atoms with Crippen molar-refractivity contribution in [3.63, 3.8) is 0 Å². The second kappa shape index (κ2) is 8.80. The number of hydrogen-bond donors (Lipinski definition) is 2. The third-order valence-electron chi connectivity index (χ3n) is 4.47. The lowest BCUT2D eigenvalue weighted by Crippen LogP contribution is -2.47. The molecule has 2 rings (SSSR count). The number of nitrogens with zero attached hydrogens (tertiary/aromatic N) is 2. The van der Waals surface area contributed by atoms with Crippen LogP contribution in [0.2, 0.25) is 0 Å². The van der Waals surface area contributed by atoms with Crippen LogP contribution in [0.3, 0.4) is 0 Å². The average Bonchev–Trinajstić information content (AvgIpc) is 2.57. The summed E-state index contributed by atoms with van der Waals surface area (Å²) >= 11 is 0. The highest BCUT2D eigenvalue weighted by Crippen LogP contribution is 2.17. The Balaban J connectivity index is 1.75. The highest BCUT2D eigenvalue weighted by atomic mass is 16.2. The Labute approximate surface area is 144 Å². The van der Waals surface area contributed by atoms with Crippen LogP contribution in [-0.4, -0.2) is 67.9 Å². The van der Waals surface area contributed by atoms with E-state index >= 15 is 0 Å². The number of carbonyl (C=O) groups is 2. The molecule has 0 saturated carbocycles. The van der Waals surface area contributed by atoms with Crippen LogP contribution in [0.25, 0.3) is 0 Å². The van der Waals surface area contributed by atoms with Gasteiger partial charge in [-0.25, -0.2) is 0 Å². The molecule has 0 aliphatic carbocycles. The van der Waals surface area contributed by atoms with Crippen LogP contribution in [-0.2, 0) is 9.59 Å². The van der Waals surface area contributed by atoms with Crippen molar-refractivity contribution in [1.29, 1.82) is 0 Å². The molecule has 6 nitrogen and oxygen atoms in total. The molecule has 1 heterocycles. The smallest absolute Gasteiger partial charge is 0.238 e. The fourth-order valence-electron chi connectivity index (χ4n) is 2.76. The number of aryl methyl sites for hydroxylation is 1. The first-order chi connectivity index (χ1) is 11.5. The number of likely N-dealkylation sites (N-methyl/N-ethyl adjacent to an activating group) is 1. The van der Waals surface area contributed by atoms with Gasteiger partial charge in [-0.05, 0) is 38.1 Å². The lowest BCUT2D eigenvalue weighted by Gasteiger charge is -2.28. The fraction of sp³-hybridized carbons (Fsp3) is 0.556. The number of nitrogens with one attached hydrogen (secondary N) is 2. The first-order valence-electron chi connectivity index (χ1n) is 8.50. The summed E-state index contributed by atoms with van der Waals surface area (Å²) in [6, 6.07) is 5.88. The number of carbonyl (C=O) groups excluding carboxylic acids is 2. The van der Waals surface area contributed by atoms with Gasteiger partial charge in [-0.1, -0.05) is 12.1 Å². The van der Waals surface area contributed by atoms with Crippen LogP contribution in [0.4, 0.5) is 5.69 Å². The molecule has 1 saturated heterocycles. The van der Waals surface area contributed by atoms with Crippen molar-refractivity contribution in [2.45, 2.75) is 20.3 Å². The van der Waals surface area contributed by atoms with E-state index in [0.717, 1.165) is 43.0 Å². The molecule has 2 N–H and O–H groups in total. The molecule has 0 unspecified atom stereocenters. The molecule has 6 heteroatoms. The number of piperazine rings is 1. The summed E-state index contributed by atoms with van der Waals surface area (Å²) in [6.45, 7) is 8.16. The van der Waals surface area contributed by atoms with E-state index in [4.69, 9.17) is 0 Å². The Morgan fingerprint density at radius 1 is 1.25 bits per heavy atom. The van der Waals surface area contributed by atoms with Gasteiger partial charge in [-0.2, -0.15) is 0 Å². The van der Waals surface area contributed by atoms with E-state index < -0.39 is 0 Å². The zero-order valence-corrected chi connectivity index (χ0v) is 14.9. The van der Waals surface area contributed by atoms with Crippen molar-refractivity contribution in [3.8, 4) is 0 Å². The largest absolute Gasteiger partial charge is 0.340 e. The third-order valence-corrected chi connectivity index (χ3v) is 4.47. The average molecular weight is 332 g/mol. The van der Waals surface area contributed by atoms with E-state index in [1.54, 1.807) is 0 Å². The SMILES string of the molecule is Cc1cccc(NC(=O)CN(C)CCC(=O)N2CCNCC2)c1C. The van der Waals surface area contributed by atoms with Crippen molar-refractivity contribution in [2.75, 3.05) is 51.6 Å². The summed E-state index contributed by atoms with van der Waals surface area (Å²) in [4.78, 5) is 28.1. The molecule has 1 aliphatic heterocycles. The van der Waals surface area contributed by atoms with Gasteiger partial charge in [-0.15, -0.1) is 0 Å². The molecule has 2 amide bonds. The van der Waals surface area contributed by atoms with Crippen LogP contribution in [0, 0.1) is 13.8 Å². The van der Waals surface area contributed by atoms with Gasteiger partial charge >= 0.3 is 0 Å². The van der Waals surface area contributed by atoms with Crippen LogP contribution >= 0.6 is 0 Å². The lowest BCUT2D eigenvalue weighted by atomic mass is 10.1. The maximum Gasteiger partial charge on any atom is 0.238 e. The Morgan fingerprint density at radius 3 is 2.67 bits per heavy atom. The number of amides is 2. The molecule has 0 spiro atoms. The van der Waals surface area contributed by atoms with Gasteiger partial charge in [0.25, 0.3) is 0 Å². The summed E-state index contributed by atoms with van der Waals surface area (Å²) in [7, 11) is 1.87. The van der Waals surface area contributed by atoms with Gasteiger partial charge in [0.05, 0.1) is 6.54 Å². The summed E-state index contributed by atoms with van der Waals surface area (Å²) in [6.07, 6.45) is 0.452. The first-order valence-corrected chi connectivity index (χ1v) is 8.50. The van der Waals surface area contributed by atoms with E-state index in [-0.39, 0.29) is 18.4 Å². The van der Waals surface area contributed by atoms with E-state index in [0.29, 0.717) is 13.0 Å². The summed E-state index contributed by atoms with van der Waals surface area (Å²) < 4.78 is 0. The number of benzene rings is 1. The van der Waals surface area contributed by atoms with E-state index in [2.05, 4.69) is 10.6 Å². The Morgan fingerprint density at radius 2 is 1.96 bits per heavy atom. The quantitative estimate of drug-likeness (QED) is 0.816. The standard InChI is InChI=1S/C18H28N4O2/c1-14-5-4-6-16(15(14)2)20-17(23)13-21(3)10-7-18(24)22-11-8-19-9-12-22/h4-6,19H,7-13H2,1-3H3,(H,20,23). The molecule has 0 aromatic heterocycles. The fourth-order valence-corrected chi connectivity index (χ4v) is 2.76. The summed E-state index contributed by atoms with van der Waals surface area (Å²) in [5.41, 5.74) is 3.09. The second-order valence-electron chi connectivity index (χ2n) is 6.41. The highest BCUT2D eigenvalue weighted by Gasteiger charge is 2.17. The van der Waals surface area contributed by atoms with E-state index in [1.165, 1.54) is 0 Å². The monoisotopic (exact) mass is 332 g/mol. The Kier molecular flexibility index (Phi) is 6.75. The minimum atomic E-state index is -0.0548. The number of rotatable bonds is 6. The zero-order valence-electron chi connectivity index (χ0n) is 14.9. The Bertz CT molecular complexity index is 582. The molecular weight excluding hydrogens is 304 g/mol. The van der Waals surface area contributed by atoms with Gasteiger partial charge in [0.1, 0.15) is 0 Å². The molecule has 132 valence electrons. The number of hydrogen-bond acceptors (Lipinski definition) is 4.